The van der Waals surface area contributed by atoms with Gasteiger partial charge in [0.25, 0.3) is 0 Å². The molecule has 0 atom stereocenters. The van der Waals surface area contributed by atoms with Crippen LogP contribution in [0, 0.1) is 0 Å². The van der Waals surface area contributed by atoms with Gasteiger partial charge in [0.05, 0.1) is 17.5 Å². The third-order valence-electron chi connectivity index (χ3n) is 3.10. The van der Waals surface area contributed by atoms with E-state index in [4.69, 9.17) is 16.7 Å². The number of carbonyl (C=O) groups is 1. The van der Waals surface area contributed by atoms with E-state index in [-0.39, 0.29) is 6.42 Å². The van der Waals surface area contributed by atoms with Gasteiger partial charge in [-0.15, -0.1) is 0 Å². The van der Waals surface area contributed by atoms with Gasteiger partial charge in [-0.1, -0.05) is 29.8 Å². The van der Waals surface area contributed by atoms with Gasteiger partial charge in [-0.25, -0.2) is 4.99 Å². The maximum absolute atomic E-state index is 10.7. The molecule has 1 aliphatic heterocycles. The van der Waals surface area contributed by atoms with E-state index in [2.05, 4.69) is 4.99 Å². The third-order valence-corrected chi connectivity index (χ3v) is 3.35. The first-order valence-corrected chi connectivity index (χ1v) is 6.25. The van der Waals surface area contributed by atoms with Crippen molar-refractivity contribution in [2.75, 3.05) is 0 Å². The fraction of sp³-hybridized carbons (Fsp3) is 0.0667. The third kappa shape index (κ3) is 2.13. The van der Waals surface area contributed by atoms with Crippen LogP contribution in [0.25, 0.3) is 16.7 Å². The fourth-order valence-corrected chi connectivity index (χ4v) is 2.38. The van der Waals surface area contributed by atoms with Gasteiger partial charge in [0, 0.05) is 16.7 Å². The largest absolute Gasteiger partial charge is 0.481 e. The Morgan fingerprint density at radius 1 is 1.21 bits per heavy atom. The molecule has 94 valence electrons. The summed E-state index contributed by atoms with van der Waals surface area (Å²) in [5.41, 5.74) is 5.15. The quantitative estimate of drug-likeness (QED) is 0.777. The summed E-state index contributed by atoms with van der Waals surface area (Å²) in [5, 5.41) is 10.6. The van der Waals surface area contributed by atoms with Gasteiger partial charge in [-0.3, -0.25) is 4.79 Å². The molecule has 0 saturated heterocycles. The van der Waals surface area contributed by atoms with E-state index in [0.29, 0.717) is 0 Å². The minimum Gasteiger partial charge on any atom is -0.481 e. The molecule has 0 aromatic heterocycles. The highest BCUT2D eigenvalue weighted by Gasteiger charge is 2.14. The van der Waals surface area contributed by atoms with Crippen molar-refractivity contribution >= 4 is 28.8 Å². The van der Waals surface area contributed by atoms with Crippen molar-refractivity contribution in [3.63, 3.8) is 0 Å². The van der Waals surface area contributed by atoms with Crippen molar-refractivity contribution in [2.24, 2.45) is 4.99 Å². The second-order valence-corrected chi connectivity index (χ2v) is 4.64. The maximum atomic E-state index is 10.7. The standard InChI is InChI=1S/C15H10ClNO2/c16-8-10-2-4-13-12(5-10)11-3-1-9(7-15(18)19)6-14(11)17-13/h1-6,8H,7H2,(H,18,19). The van der Waals surface area contributed by atoms with Crippen molar-refractivity contribution < 1.29 is 9.90 Å². The summed E-state index contributed by atoms with van der Waals surface area (Å²) in [6, 6.07) is 11.4. The summed E-state index contributed by atoms with van der Waals surface area (Å²) in [5.74, 6) is -0.838. The van der Waals surface area contributed by atoms with Crippen LogP contribution in [-0.2, 0) is 11.2 Å². The molecule has 2 aromatic carbocycles. The lowest BCUT2D eigenvalue weighted by molar-refractivity contribution is -0.136. The van der Waals surface area contributed by atoms with Gasteiger partial charge in [0.15, 0.2) is 0 Å². The number of hydrogen-bond donors (Lipinski definition) is 1. The average Bonchev–Trinajstić information content (AvgIpc) is 2.74. The van der Waals surface area contributed by atoms with Gasteiger partial charge >= 0.3 is 5.97 Å². The van der Waals surface area contributed by atoms with Crippen molar-refractivity contribution in [3.8, 4) is 11.1 Å². The molecule has 19 heavy (non-hydrogen) atoms. The predicted octanol–water partition coefficient (Wildman–Crippen LogP) is 2.22. The first kappa shape index (κ1) is 11.9. The molecule has 0 saturated carbocycles. The number of halogens is 1. The molecule has 4 heteroatoms. The monoisotopic (exact) mass is 271 g/mol. The minimum atomic E-state index is -0.838. The lowest BCUT2D eigenvalue weighted by atomic mass is 10.0. The van der Waals surface area contributed by atoms with Crippen LogP contribution >= 0.6 is 11.6 Å². The number of benzene rings is 2. The predicted molar refractivity (Wildman–Crippen MR) is 74.0 cm³/mol. The zero-order chi connectivity index (χ0) is 13.4. The summed E-state index contributed by atoms with van der Waals surface area (Å²) < 4.78 is 0. The van der Waals surface area contributed by atoms with E-state index in [9.17, 15) is 4.79 Å². The Morgan fingerprint density at radius 2 is 2.05 bits per heavy atom. The summed E-state index contributed by atoms with van der Waals surface area (Å²) in [6.45, 7) is 0. The fourth-order valence-electron chi connectivity index (χ4n) is 2.25. The Bertz CT molecular complexity index is 796. The lowest BCUT2D eigenvalue weighted by Gasteiger charge is -2.02. The second-order valence-electron chi connectivity index (χ2n) is 4.42. The molecule has 1 N–H and O–H groups in total. The molecule has 0 radical (unpaired) electrons. The molecule has 1 heterocycles. The smallest absolute Gasteiger partial charge is 0.307 e. The van der Waals surface area contributed by atoms with Crippen LogP contribution in [0.2, 0.25) is 0 Å². The summed E-state index contributed by atoms with van der Waals surface area (Å²) >= 11 is 5.72. The van der Waals surface area contributed by atoms with Crippen molar-refractivity contribution in [1.82, 2.24) is 0 Å². The molecule has 0 amide bonds. The van der Waals surface area contributed by atoms with Crippen molar-refractivity contribution in [1.29, 1.82) is 0 Å². The lowest BCUT2D eigenvalue weighted by Crippen LogP contribution is -2.08. The highest BCUT2D eigenvalue weighted by atomic mass is 35.5. The molecule has 0 aliphatic carbocycles. The van der Waals surface area contributed by atoms with Gasteiger partial charge in [0.1, 0.15) is 0 Å². The topological polar surface area (TPSA) is 49.7 Å². The van der Waals surface area contributed by atoms with Crippen LogP contribution in [0.3, 0.4) is 0 Å². The molecule has 3 nitrogen and oxygen atoms in total. The second kappa shape index (κ2) is 4.52. The maximum Gasteiger partial charge on any atom is 0.307 e. The van der Waals surface area contributed by atoms with E-state index >= 15 is 0 Å². The first-order valence-electron chi connectivity index (χ1n) is 5.82. The Morgan fingerprint density at radius 3 is 2.79 bits per heavy atom. The minimum absolute atomic E-state index is 0.0137. The number of hydrogen-bond acceptors (Lipinski definition) is 2. The summed E-state index contributed by atoms with van der Waals surface area (Å²) in [7, 11) is 0. The number of nitrogens with zero attached hydrogens (tertiary/aromatic N) is 1. The molecule has 1 aliphatic rings. The van der Waals surface area contributed by atoms with Crippen LogP contribution in [-0.4, -0.2) is 11.1 Å². The SMILES string of the molecule is O=C(O)Cc1ccc2c(c1)N=c1ccc(=CCl)cc1-2. The van der Waals surface area contributed by atoms with Crippen LogP contribution < -0.4 is 10.6 Å². The molecule has 0 spiro atoms. The number of fused-ring (bicyclic) bond motifs is 3. The van der Waals surface area contributed by atoms with Gasteiger partial charge in [-0.2, -0.15) is 0 Å². The van der Waals surface area contributed by atoms with E-state index < -0.39 is 5.97 Å². The van der Waals surface area contributed by atoms with E-state index in [1.807, 2.05) is 36.4 Å². The summed E-state index contributed by atoms with van der Waals surface area (Å²) in [6.07, 6.45) is 0.0137. The Hall–Kier alpha value is -2.13. The number of rotatable bonds is 2. The normalized spacial score (nSPS) is 12.8. The zero-order valence-corrected chi connectivity index (χ0v) is 10.7. The highest BCUT2D eigenvalue weighted by Crippen LogP contribution is 2.32. The van der Waals surface area contributed by atoms with E-state index in [1.54, 1.807) is 0 Å². The molecule has 0 unspecified atom stereocenters. The molecule has 2 aromatic rings. The summed E-state index contributed by atoms with van der Waals surface area (Å²) in [4.78, 5) is 15.2. The van der Waals surface area contributed by atoms with Crippen LogP contribution in [0.4, 0.5) is 5.69 Å². The Balaban J connectivity index is 2.13. The molecular weight excluding hydrogens is 262 g/mol. The average molecular weight is 272 g/mol. The molecule has 0 fully saturated rings. The molecule has 3 rings (SSSR count). The van der Waals surface area contributed by atoms with Crippen LogP contribution in [0.1, 0.15) is 5.56 Å². The Kier molecular flexibility index (Phi) is 2.84. The molecule has 0 bridgehead atoms. The highest BCUT2D eigenvalue weighted by molar-refractivity contribution is 6.38. The Labute approximate surface area is 114 Å². The van der Waals surface area contributed by atoms with Crippen LogP contribution in [0.15, 0.2) is 41.4 Å². The van der Waals surface area contributed by atoms with E-state index in [0.717, 1.165) is 33.0 Å². The zero-order valence-electron chi connectivity index (χ0n) is 9.93. The number of carboxylic acid groups (broad SMARTS) is 1. The van der Waals surface area contributed by atoms with Crippen LogP contribution in [0.5, 0.6) is 0 Å². The first-order chi connectivity index (χ1) is 9.17. The van der Waals surface area contributed by atoms with Crippen molar-refractivity contribution in [2.45, 2.75) is 6.42 Å². The molecular formula is C15H10ClNO2. The number of aliphatic carboxylic acids is 1. The van der Waals surface area contributed by atoms with Gasteiger partial charge in [-0.05, 0) is 29.0 Å². The van der Waals surface area contributed by atoms with Gasteiger partial charge in [0.2, 0.25) is 0 Å². The van der Waals surface area contributed by atoms with E-state index in [1.165, 1.54) is 5.54 Å². The van der Waals surface area contributed by atoms with Gasteiger partial charge < -0.3 is 5.11 Å². The number of carboxylic acids is 1. The van der Waals surface area contributed by atoms with Crippen molar-refractivity contribution in [3.05, 3.63) is 52.5 Å².